The molecule has 0 radical (unpaired) electrons. The number of rotatable bonds is 7. The fourth-order valence-corrected chi connectivity index (χ4v) is 4.98. The molecule has 2 aromatic heterocycles. The van der Waals surface area contributed by atoms with Crippen LogP contribution in [0.15, 0.2) is 42.7 Å². The van der Waals surface area contributed by atoms with E-state index in [0.29, 0.717) is 17.1 Å². The van der Waals surface area contributed by atoms with Gasteiger partial charge in [0.25, 0.3) is 5.91 Å². The first kappa shape index (κ1) is 25.0. The van der Waals surface area contributed by atoms with Crippen LogP contribution in [0, 0.1) is 5.41 Å². The number of aryl methyl sites for hydroxylation is 1. The molecule has 1 aliphatic rings. The molecule has 2 amide bonds. The quantitative estimate of drug-likeness (QED) is 0.494. The molecule has 35 heavy (non-hydrogen) atoms. The average Bonchev–Trinajstić information content (AvgIpc) is 3.18. The first-order chi connectivity index (χ1) is 16.7. The second kappa shape index (κ2) is 10.3. The Hall–Kier alpha value is -3.06. The van der Waals surface area contributed by atoms with Gasteiger partial charge in [0.05, 0.1) is 16.6 Å². The van der Waals surface area contributed by atoms with E-state index in [9.17, 15) is 9.59 Å². The summed E-state index contributed by atoms with van der Waals surface area (Å²) in [6.07, 6.45) is 5.16. The minimum Gasteiger partial charge on any atom is -0.368 e. The number of nitrogens with one attached hydrogen (secondary N) is 1. The van der Waals surface area contributed by atoms with E-state index in [4.69, 9.17) is 11.6 Å². The molecule has 4 rings (SSSR count). The Morgan fingerprint density at radius 1 is 1.23 bits per heavy atom. The van der Waals surface area contributed by atoms with Gasteiger partial charge in [0.2, 0.25) is 6.41 Å². The predicted molar refractivity (Wildman–Crippen MR) is 141 cm³/mol. The number of nitrogens with zero attached hydrogens (tertiary/aromatic N) is 4. The SMILES string of the molecule is CCn1cc(Cl)c2cc(C(=O)NCCc3ccc(N4CCN(C=O)C(C(C)(C)C)C4)cc3)cnc21. The van der Waals surface area contributed by atoms with Gasteiger partial charge in [-0.05, 0) is 42.5 Å². The highest BCUT2D eigenvalue weighted by molar-refractivity contribution is 6.35. The Bertz CT molecular complexity index is 1200. The molecule has 3 aromatic rings. The summed E-state index contributed by atoms with van der Waals surface area (Å²) >= 11 is 6.32. The van der Waals surface area contributed by atoms with Gasteiger partial charge in [-0.1, -0.05) is 44.5 Å². The highest BCUT2D eigenvalue weighted by Crippen LogP contribution is 2.29. The van der Waals surface area contributed by atoms with Crippen molar-refractivity contribution in [1.29, 1.82) is 0 Å². The third-order valence-corrected chi connectivity index (χ3v) is 7.13. The Balaban J connectivity index is 1.33. The predicted octanol–water partition coefficient (Wildman–Crippen LogP) is 4.38. The topological polar surface area (TPSA) is 70.5 Å². The molecule has 1 atom stereocenters. The molecule has 1 unspecified atom stereocenters. The molecule has 0 aliphatic carbocycles. The minimum absolute atomic E-state index is 0.0169. The van der Waals surface area contributed by atoms with Crippen LogP contribution < -0.4 is 10.2 Å². The Kier molecular flexibility index (Phi) is 7.36. The summed E-state index contributed by atoms with van der Waals surface area (Å²) in [7, 11) is 0. The van der Waals surface area contributed by atoms with Gasteiger partial charge in [0.15, 0.2) is 0 Å². The zero-order valence-electron chi connectivity index (χ0n) is 20.9. The number of halogens is 1. The van der Waals surface area contributed by atoms with Crippen LogP contribution in [0.2, 0.25) is 5.02 Å². The van der Waals surface area contributed by atoms with E-state index < -0.39 is 0 Å². The molecule has 1 aliphatic heterocycles. The smallest absolute Gasteiger partial charge is 0.252 e. The number of benzene rings is 1. The Morgan fingerprint density at radius 2 is 1.97 bits per heavy atom. The van der Waals surface area contributed by atoms with Crippen LogP contribution in [0.25, 0.3) is 11.0 Å². The first-order valence-corrected chi connectivity index (χ1v) is 12.6. The number of carbonyl (C=O) groups is 2. The van der Waals surface area contributed by atoms with Crippen molar-refractivity contribution in [3.8, 4) is 0 Å². The van der Waals surface area contributed by atoms with Crippen molar-refractivity contribution in [2.24, 2.45) is 5.41 Å². The van der Waals surface area contributed by atoms with E-state index in [0.717, 1.165) is 61.3 Å². The number of carbonyl (C=O) groups excluding carboxylic acids is 2. The maximum atomic E-state index is 12.7. The van der Waals surface area contributed by atoms with Crippen LogP contribution in [0.4, 0.5) is 5.69 Å². The fourth-order valence-electron chi connectivity index (χ4n) is 4.72. The van der Waals surface area contributed by atoms with Crippen LogP contribution in [0.3, 0.4) is 0 Å². The van der Waals surface area contributed by atoms with Crippen molar-refractivity contribution in [3.05, 3.63) is 58.9 Å². The van der Waals surface area contributed by atoms with Crippen LogP contribution in [0.5, 0.6) is 0 Å². The first-order valence-electron chi connectivity index (χ1n) is 12.2. The highest BCUT2D eigenvalue weighted by Gasteiger charge is 2.34. The number of hydrogen-bond acceptors (Lipinski definition) is 4. The molecule has 1 aromatic carbocycles. The summed E-state index contributed by atoms with van der Waals surface area (Å²) in [5.74, 6) is -0.155. The molecular formula is C27H34ClN5O2. The minimum atomic E-state index is -0.155. The van der Waals surface area contributed by atoms with E-state index in [1.807, 2.05) is 22.6 Å². The lowest BCUT2D eigenvalue weighted by atomic mass is 9.84. The number of amides is 2. The van der Waals surface area contributed by atoms with Crippen LogP contribution >= 0.6 is 11.6 Å². The Labute approximate surface area is 212 Å². The lowest BCUT2D eigenvalue weighted by Crippen LogP contribution is -2.57. The van der Waals surface area contributed by atoms with Crippen LogP contribution in [-0.2, 0) is 17.8 Å². The van der Waals surface area contributed by atoms with Gasteiger partial charge < -0.3 is 19.7 Å². The van der Waals surface area contributed by atoms with Crippen molar-refractivity contribution >= 4 is 40.6 Å². The molecule has 7 nitrogen and oxygen atoms in total. The normalized spacial score (nSPS) is 16.5. The van der Waals surface area contributed by atoms with E-state index in [2.05, 4.69) is 60.2 Å². The molecule has 8 heteroatoms. The van der Waals surface area contributed by atoms with Gasteiger partial charge in [-0.3, -0.25) is 9.59 Å². The van der Waals surface area contributed by atoms with Crippen molar-refractivity contribution < 1.29 is 9.59 Å². The molecule has 1 N–H and O–H groups in total. The second-order valence-corrected chi connectivity index (χ2v) is 10.6. The lowest BCUT2D eigenvalue weighted by Gasteiger charge is -2.46. The van der Waals surface area contributed by atoms with Crippen molar-refractivity contribution in [1.82, 2.24) is 19.8 Å². The van der Waals surface area contributed by atoms with E-state index in [1.165, 1.54) is 0 Å². The summed E-state index contributed by atoms with van der Waals surface area (Å²) in [5.41, 5.74) is 3.63. The van der Waals surface area contributed by atoms with Gasteiger partial charge in [-0.25, -0.2) is 4.98 Å². The third kappa shape index (κ3) is 5.45. The third-order valence-electron chi connectivity index (χ3n) is 6.83. The number of pyridine rings is 1. The number of aromatic nitrogens is 2. The van der Waals surface area contributed by atoms with E-state index in [1.54, 1.807) is 12.3 Å². The molecular weight excluding hydrogens is 462 g/mol. The molecule has 1 fully saturated rings. The number of fused-ring (bicyclic) bond motifs is 1. The monoisotopic (exact) mass is 495 g/mol. The average molecular weight is 496 g/mol. The second-order valence-electron chi connectivity index (χ2n) is 10.2. The van der Waals surface area contributed by atoms with Gasteiger partial charge in [-0.2, -0.15) is 0 Å². The zero-order valence-corrected chi connectivity index (χ0v) is 21.7. The van der Waals surface area contributed by atoms with Crippen LogP contribution in [0.1, 0.15) is 43.6 Å². The highest BCUT2D eigenvalue weighted by atomic mass is 35.5. The largest absolute Gasteiger partial charge is 0.368 e. The summed E-state index contributed by atoms with van der Waals surface area (Å²) in [5, 5.41) is 4.38. The van der Waals surface area contributed by atoms with Gasteiger partial charge in [-0.15, -0.1) is 0 Å². The fraction of sp³-hybridized carbons (Fsp3) is 0.444. The van der Waals surface area contributed by atoms with E-state index >= 15 is 0 Å². The van der Waals surface area contributed by atoms with Crippen molar-refractivity contribution in [2.75, 3.05) is 31.1 Å². The molecule has 0 spiro atoms. The van der Waals surface area contributed by atoms with Crippen molar-refractivity contribution in [2.45, 2.75) is 46.7 Å². The maximum Gasteiger partial charge on any atom is 0.252 e. The summed E-state index contributed by atoms with van der Waals surface area (Å²) in [4.78, 5) is 32.9. The number of anilines is 1. The molecule has 1 saturated heterocycles. The van der Waals surface area contributed by atoms with Gasteiger partial charge in [0.1, 0.15) is 5.65 Å². The van der Waals surface area contributed by atoms with Gasteiger partial charge in [0, 0.05) is 56.2 Å². The lowest BCUT2D eigenvalue weighted by molar-refractivity contribution is -0.122. The van der Waals surface area contributed by atoms with Crippen LogP contribution in [-0.4, -0.2) is 59.0 Å². The molecule has 186 valence electrons. The number of hydrogen-bond donors (Lipinski definition) is 1. The van der Waals surface area contributed by atoms with Gasteiger partial charge >= 0.3 is 0 Å². The summed E-state index contributed by atoms with van der Waals surface area (Å²) in [6, 6.07) is 10.5. The summed E-state index contributed by atoms with van der Waals surface area (Å²) in [6.45, 7) is 12.2. The van der Waals surface area contributed by atoms with E-state index in [-0.39, 0.29) is 17.4 Å². The zero-order chi connectivity index (χ0) is 25.2. The standard InChI is InChI=1S/C27H34ClN5O2/c1-5-31-16-23(28)22-14-20(15-30-25(22)31)26(35)29-11-10-19-6-8-21(9-7-19)32-12-13-33(18-34)24(17-32)27(2,3)4/h6-9,14-16,18,24H,5,10-13,17H2,1-4H3,(H,29,35). The summed E-state index contributed by atoms with van der Waals surface area (Å²) < 4.78 is 1.97. The molecule has 0 saturated carbocycles. The molecule has 3 heterocycles. The molecule has 0 bridgehead atoms. The Morgan fingerprint density at radius 3 is 2.63 bits per heavy atom. The number of piperazine rings is 1. The maximum absolute atomic E-state index is 12.7. The van der Waals surface area contributed by atoms with Crippen molar-refractivity contribution in [3.63, 3.8) is 0 Å².